The van der Waals surface area contributed by atoms with Crippen LogP contribution in [0.5, 0.6) is 0 Å². The lowest BCUT2D eigenvalue weighted by Crippen LogP contribution is -2.30. The van der Waals surface area contributed by atoms with Gasteiger partial charge in [0, 0.05) is 37.8 Å². The first-order valence-electron chi connectivity index (χ1n) is 10.4. The smallest absolute Gasteiger partial charge is 0.253 e. The quantitative estimate of drug-likeness (QED) is 0.625. The molecule has 0 bridgehead atoms. The Morgan fingerprint density at radius 3 is 2.07 bits per heavy atom. The van der Waals surface area contributed by atoms with Crippen molar-refractivity contribution in [3.8, 4) is 0 Å². The van der Waals surface area contributed by atoms with Gasteiger partial charge in [-0.1, -0.05) is 24.3 Å². The zero-order valence-electron chi connectivity index (χ0n) is 18.6. The van der Waals surface area contributed by atoms with Crippen LogP contribution in [-0.2, 0) is 23.1 Å². The van der Waals surface area contributed by atoms with Gasteiger partial charge in [-0.3, -0.25) is 9.69 Å². The minimum atomic E-state index is -3.68. The normalized spacial score (nSPS) is 11.8. The first-order valence-corrected chi connectivity index (χ1v) is 11.8. The lowest BCUT2D eigenvalue weighted by Gasteiger charge is -2.22. The fourth-order valence-electron chi connectivity index (χ4n) is 3.06. The maximum absolute atomic E-state index is 12.8. The molecule has 0 spiro atoms. The van der Waals surface area contributed by atoms with E-state index in [9.17, 15) is 13.2 Å². The van der Waals surface area contributed by atoms with Crippen LogP contribution >= 0.6 is 0 Å². The van der Waals surface area contributed by atoms with E-state index < -0.39 is 10.0 Å². The van der Waals surface area contributed by atoms with Crippen LogP contribution in [0.3, 0.4) is 0 Å². The zero-order valence-corrected chi connectivity index (χ0v) is 19.4. The van der Waals surface area contributed by atoms with E-state index in [1.54, 1.807) is 17.0 Å². The number of hydrogen-bond donors (Lipinski definition) is 1. The first kappa shape index (κ1) is 24.1. The monoisotopic (exact) mass is 431 g/mol. The highest BCUT2D eigenvalue weighted by Crippen LogP contribution is 2.16. The molecule has 0 aliphatic rings. The van der Waals surface area contributed by atoms with E-state index in [4.69, 9.17) is 0 Å². The molecule has 30 heavy (non-hydrogen) atoms. The SMILES string of the molecule is CCN(CC)C(=O)c1ccc(S(=O)(=O)NCc2ccccc2CN(C)C(C)C)cc1. The summed E-state index contributed by atoms with van der Waals surface area (Å²) in [6.07, 6.45) is 0. The lowest BCUT2D eigenvalue weighted by molar-refractivity contribution is 0.0773. The molecule has 0 fully saturated rings. The number of benzene rings is 2. The molecule has 7 heteroatoms. The number of nitrogens with one attached hydrogen (secondary N) is 1. The number of carbonyl (C=O) groups excluding carboxylic acids is 1. The molecule has 0 atom stereocenters. The minimum absolute atomic E-state index is 0.0971. The van der Waals surface area contributed by atoms with Crippen molar-refractivity contribution in [3.05, 3.63) is 65.2 Å². The average Bonchev–Trinajstić information content (AvgIpc) is 2.74. The van der Waals surface area contributed by atoms with E-state index in [0.29, 0.717) is 24.7 Å². The fourth-order valence-corrected chi connectivity index (χ4v) is 4.07. The largest absolute Gasteiger partial charge is 0.339 e. The van der Waals surface area contributed by atoms with Gasteiger partial charge >= 0.3 is 0 Å². The Bertz CT molecular complexity index is 936. The van der Waals surface area contributed by atoms with Gasteiger partial charge < -0.3 is 4.90 Å². The maximum Gasteiger partial charge on any atom is 0.253 e. The molecule has 2 rings (SSSR count). The van der Waals surface area contributed by atoms with E-state index in [0.717, 1.165) is 17.7 Å². The van der Waals surface area contributed by atoms with Crippen molar-refractivity contribution < 1.29 is 13.2 Å². The Labute approximate surface area is 180 Å². The van der Waals surface area contributed by atoms with Crippen molar-refractivity contribution >= 4 is 15.9 Å². The van der Waals surface area contributed by atoms with Gasteiger partial charge in [0.1, 0.15) is 0 Å². The van der Waals surface area contributed by atoms with Crippen LogP contribution < -0.4 is 4.72 Å². The maximum atomic E-state index is 12.8. The molecule has 1 N–H and O–H groups in total. The molecule has 0 aromatic heterocycles. The van der Waals surface area contributed by atoms with Gasteiger partial charge in [0.2, 0.25) is 10.0 Å². The molecule has 164 valence electrons. The molecular formula is C23H33N3O3S. The minimum Gasteiger partial charge on any atom is -0.339 e. The van der Waals surface area contributed by atoms with Crippen LogP contribution in [-0.4, -0.2) is 50.3 Å². The predicted octanol–water partition coefficient (Wildman–Crippen LogP) is 3.49. The fraction of sp³-hybridized carbons (Fsp3) is 0.435. The van der Waals surface area contributed by atoms with Gasteiger partial charge in [0.15, 0.2) is 0 Å². The highest BCUT2D eigenvalue weighted by atomic mass is 32.2. The molecule has 1 amide bonds. The molecule has 0 aliphatic carbocycles. The second-order valence-corrected chi connectivity index (χ2v) is 9.37. The Kier molecular flexibility index (Phi) is 8.58. The van der Waals surface area contributed by atoms with Crippen molar-refractivity contribution in [2.45, 2.75) is 51.7 Å². The van der Waals surface area contributed by atoms with E-state index in [1.165, 1.54) is 12.1 Å². The number of nitrogens with zero attached hydrogens (tertiary/aromatic N) is 2. The van der Waals surface area contributed by atoms with Crippen molar-refractivity contribution in [3.63, 3.8) is 0 Å². The molecule has 2 aromatic carbocycles. The standard InChI is InChI=1S/C23H33N3O3S/c1-6-26(7-2)23(27)19-12-14-22(15-13-19)30(28,29)24-16-20-10-8-9-11-21(20)17-25(5)18(3)4/h8-15,18,24H,6-7,16-17H2,1-5H3. The summed E-state index contributed by atoms with van der Waals surface area (Å²) in [5.74, 6) is -0.0971. The molecule has 0 saturated carbocycles. The van der Waals surface area contributed by atoms with E-state index in [2.05, 4.69) is 23.5 Å². The second kappa shape index (κ2) is 10.7. The van der Waals surface area contributed by atoms with Gasteiger partial charge in [-0.2, -0.15) is 0 Å². The summed E-state index contributed by atoms with van der Waals surface area (Å²) in [6.45, 7) is 10.3. The third kappa shape index (κ3) is 6.14. The van der Waals surface area contributed by atoms with Crippen LogP contribution in [0.15, 0.2) is 53.4 Å². The summed E-state index contributed by atoms with van der Waals surface area (Å²) < 4.78 is 28.2. The second-order valence-electron chi connectivity index (χ2n) is 7.60. The lowest BCUT2D eigenvalue weighted by atomic mass is 10.1. The van der Waals surface area contributed by atoms with Crippen molar-refractivity contribution in [2.24, 2.45) is 0 Å². The van der Waals surface area contributed by atoms with Gasteiger partial charge in [-0.25, -0.2) is 13.1 Å². The van der Waals surface area contributed by atoms with Crippen LogP contribution in [0.4, 0.5) is 0 Å². The highest BCUT2D eigenvalue weighted by molar-refractivity contribution is 7.89. The van der Waals surface area contributed by atoms with Crippen LogP contribution in [0.1, 0.15) is 49.2 Å². The number of amides is 1. The molecule has 0 saturated heterocycles. The number of rotatable bonds is 10. The number of sulfonamides is 1. The summed E-state index contributed by atoms with van der Waals surface area (Å²) in [4.78, 5) is 16.5. The van der Waals surface area contributed by atoms with Gasteiger partial charge in [0.05, 0.1) is 4.90 Å². The predicted molar refractivity (Wildman–Crippen MR) is 121 cm³/mol. The molecule has 0 heterocycles. The van der Waals surface area contributed by atoms with E-state index >= 15 is 0 Å². The first-order chi connectivity index (χ1) is 14.2. The third-order valence-electron chi connectivity index (χ3n) is 5.33. The van der Waals surface area contributed by atoms with E-state index in [-0.39, 0.29) is 17.3 Å². The van der Waals surface area contributed by atoms with Gasteiger partial charge in [-0.05, 0) is 70.1 Å². The molecule has 0 unspecified atom stereocenters. The Hall–Kier alpha value is -2.22. The Morgan fingerprint density at radius 1 is 0.967 bits per heavy atom. The van der Waals surface area contributed by atoms with Gasteiger partial charge in [-0.15, -0.1) is 0 Å². The van der Waals surface area contributed by atoms with Gasteiger partial charge in [0.25, 0.3) is 5.91 Å². The summed E-state index contributed by atoms with van der Waals surface area (Å²) in [7, 11) is -1.63. The van der Waals surface area contributed by atoms with Crippen LogP contribution in [0, 0.1) is 0 Å². The topological polar surface area (TPSA) is 69.7 Å². The average molecular weight is 432 g/mol. The molecule has 0 aliphatic heterocycles. The highest BCUT2D eigenvalue weighted by Gasteiger charge is 2.17. The van der Waals surface area contributed by atoms with Crippen molar-refractivity contribution in [2.75, 3.05) is 20.1 Å². The van der Waals surface area contributed by atoms with Crippen molar-refractivity contribution in [1.29, 1.82) is 0 Å². The van der Waals surface area contributed by atoms with E-state index in [1.807, 2.05) is 45.2 Å². The molecule has 2 aromatic rings. The summed E-state index contributed by atoms with van der Waals surface area (Å²) in [6, 6.07) is 14.3. The third-order valence-corrected chi connectivity index (χ3v) is 6.75. The Balaban J connectivity index is 2.12. The summed E-state index contributed by atoms with van der Waals surface area (Å²) in [5.41, 5.74) is 2.53. The Morgan fingerprint density at radius 2 is 1.53 bits per heavy atom. The van der Waals surface area contributed by atoms with Crippen LogP contribution in [0.25, 0.3) is 0 Å². The summed E-state index contributed by atoms with van der Waals surface area (Å²) in [5, 5.41) is 0. The molecular weight excluding hydrogens is 398 g/mol. The van der Waals surface area contributed by atoms with Crippen LogP contribution in [0.2, 0.25) is 0 Å². The number of carbonyl (C=O) groups is 1. The number of hydrogen-bond acceptors (Lipinski definition) is 4. The summed E-state index contributed by atoms with van der Waals surface area (Å²) >= 11 is 0. The van der Waals surface area contributed by atoms with Crippen molar-refractivity contribution in [1.82, 2.24) is 14.5 Å². The molecule has 0 radical (unpaired) electrons. The molecule has 6 nitrogen and oxygen atoms in total. The zero-order chi connectivity index (χ0) is 22.3.